The summed E-state index contributed by atoms with van der Waals surface area (Å²) in [5.74, 6) is 0.468. The minimum Gasteiger partial charge on any atom is -0.380 e. The summed E-state index contributed by atoms with van der Waals surface area (Å²) in [6, 6.07) is 5.41. The highest BCUT2D eigenvalue weighted by Gasteiger charge is 2.52. The number of sulfonamides is 1. The summed E-state index contributed by atoms with van der Waals surface area (Å²) in [7, 11) is -3.67. The smallest absolute Gasteiger partial charge is 0.241 e. The van der Waals surface area contributed by atoms with Crippen LogP contribution in [0.1, 0.15) is 18.4 Å². The second kappa shape index (κ2) is 6.31. The van der Waals surface area contributed by atoms with Crippen molar-refractivity contribution in [2.75, 3.05) is 12.3 Å². The number of nitrogen functional groups attached to an aromatic ring is 1. The molecule has 1 saturated carbocycles. The maximum absolute atomic E-state index is 13.0. The molecule has 3 aliphatic rings. The third-order valence-electron chi connectivity index (χ3n) is 5.54. The van der Waals surface area contributed by atoms with Crippen LogP contribution >= 0.6 is 0 Å². The molecule has 3 aromatic rings. The normalized spacial score (nSPS) is 23.1. The van der Waals surface area contributed by atoms with Gasteiger partial charge in [0, 0.05) is 23.7 Å². The van der Waals surface area contributed by atoms with Gasteiger partial charge in [0.05, 0.1) is 29.2 Å². The molecule has 29 heavy (non-hydrogen) atoms. The van der Waals surface area contributed by atoms with Crippen molar-refractivity contribution in [3.63, 3.8) is 0 Å². The molecule has 0 unspecified atom stereocenters. The van der Waals surface area contributed by atoms with Crippen LogP contribution in [-0.2, 0) is 10.0 Å². The molecule has 2 bridgehead atoms. The molecule has 2 saturated heterocycles. The molecule has 0 atom stereocenters. The number of benzene rings is 1. The van der Waals surface area contributed by atoms with E-state index >= 15 is 0 Å². The van der Waals surface area contributed by atoms with Crippen molar-refractivity contribution >= 4 is 15.8 Å². The number of nitrogens with two attached hydrogens (primary N) is 1. The molecule has 0 radical (unpaired) electrons. The maximum atomic E-state index is 13.0. The van der Waals surface area contributed by atoms with Crippen LogP contribution in [0, 0.1) is 6.92 Å². The summed E-state index contributed by atoms with van der Waals surface area (Å²) in [6.07, 6.45) is 6.20. The van der Waals surface area contributed by atoms with Crippen LogP contribution in [0.15, 0.2) is 41.7 Å². The summed E-state index contributed by atoms with van der Waals surface area (Å²) >= 11 is 0. The molecule has 6 rings (SSSR count). The van der Waals surface area contributed by atoms with E-state index in [0.717, 1.165) is 18.4 Å². The van der Waals surface area contributed by atoms with Crippen LogP contribution in [0.3, 0.4) is 0 Å². The van der Waals surface area contributed by atoms with Crippen molar-refractivity contribution in [1.29, 1.82) is 0 Å². The van der Waals surface area contributed by atoms with Crippen LogP contribution in [0.5, 0.6) is 0 Å². The number of nitrogens with zero attached hydrogens (tertiary/aromatic N) is 5. The van der Waals surface area contributed by atoms with E-state index in [1.54, 1.807) is 18.2 Å². The highest BCUT2D eigenvalue weighted by atomic mass is 32.2. The first kappa shape index (κ1) is 18.2. The van der Waals surface area contributed by atoms with Gasteiger partial charge in [0.1, 0.15) is 0 Å². The molecular weight excluding hydrogens is 392 g/mol. The largest absolute Gasteiger partial charge is 0.380 e. The lowest BCUT2D eigenvalue weighted by atomic mass is 9.79. The maximum Gasteiger partial charge on any atom is 0.241 e. The van der Waals surface area contributed by atoms with Crippen LogP contribution < -0.4 is 15.8 Å². The standard InChI is InChI=1S/C18H20N8O2S/c1-11-2-3-13(29(27,28)25-18-7-12(8-18)21-10-18)6-14(11)15-9-20-16(19)17(24-15)26-22-4-5-23-26/h2-6,9,12,21,25H,7-8,10H2,1H3,(H2,19,20). The lowest BCUT2D eigenvalue weighted by Gasteiger charge is -2.37. The van der Waals surface area contributed by atoms with E-state index in [2.05, 4.69) is 30.2 Å². The van der Waals surface area contributed by atoms with Crippen molar-refractivity contribution in [2.45, 2.75) is 36.2 Å². The average molecular weight is 412 g/mol. The van der Waals surface area contributed by atoms with Crippen molar-refractivity contribution in [2.24, 2.45) is 0 Å². The predicted molar refractivity (Wildman–Crippen MR) is 106 cm³/mol. The Hall–Kier alpha value is -2.89. The molecule has 2 aromatic heterocycles. The van der Waals surface area contributed by atoms with Gasteiger partial charge in [-0.2, -0.15) is 10.2 Å². The Morgan fingerprint density at radius 3 is 2.72 bits per heavy atom. The fraction of sp³-hybridized carbons (Fsp3) is 0.333. The summed E-state index contributed by atoms with van der Waals surface area (Å²) < 4.78 is 28.9. The van der Waals surface area contributed by atoms with Gasteiger partial charge in [0.25, 0.3) is 0 Å². The van der Waals surface area contributed by atoms with Gasteiger partial charge in [-0.3, -0.25) is 0 Å². The molecule has 1 aliphatic carbocycles. The molecule has 3 fully saturated rings. The van der Waals surface area contributed by atoms with Gasteiger partial charge in [-0.05, 0) is 37.5 Å². The van der Waals surface area contributed by atoms with Gasteiger partial charge in [-0.15, -0.1) is 4.80 Å². The third-order valence-corrected chi connectivity index (χ3v) is 7.12. The number of aromatic nitrogens is 5. The Morgan fingerprint density at radius 1 is 1.28 bits per heavy atom. The zero-order valence-corrected chi connectivity index (χ0v) is 16.5. The van der Waals surface area contributed by atoms with Gasteiger partial charge in [0.2, 0.25) is 15.8 Å². The monoisotopic (exact) mass is 412 g/mol. The van der Waals surface area contributed by atoms with E-state index in [1.807, 2.05) is 6.92 Å². The second-order valence-electron chi connectivity index (χ2n) is 7.63. The van der Waals surface area contributed by atoms with Crippen LogP contribution in [0.2, 0.25) is 0 Å². The number of nitrogens with one attached hydrogen (secondary N) is 2. The zero-order valence-electron chi connectivity index (χ0n) is 15.7. The number of hydrogen-bond donors (Lipinski definition) is 3. The van der Waals surface area contributed by atoms with Crippen molar-refractivity contribution < 1.29 is 8.42 Å². The Balaban J connectivity index is 1.53. The molecule has 11 heteroatoms. The summed E-state index contributed by atoms with van der Waals surface area (Å²) in [4.78, 5) is 10.2. The summed E-state index contributed by atoms with van der Waals surface area (Å²) in [6.45, 7) is 2.55. The first-order chi connectivity index (χ1) is 13.9. The molecule has 4 N–H and O–H groups in total. The minimum absolute atomic E-state index is 0.181. The predicted octanol–water partition coefficient (Wildman–Crippen LogP) is 0.398. The zero-order chi connectivity index (χ0) is 20.2. The Kier molecular flexibility index (Phi) is 3.95. The third kappa shape index (κ3) is 3.07. The van der Waals surface area contributed by atoms with Crippen molar-refractivity contribution in [3.8, 4) is 17.1 Å². The fourth-order valence-corrected chi connectivity index (χ4v) is 5.46. The van der Waals surface area contributed by atoms with Crippen molar-refractivity contribution in [3.05, 3.63) is 42.4 Å². The lowest BCUT2D eigenvalue weighted by molar-refractivity contribution is 0.279. The molecule has 150 valence electrons. The molecular formula is C18H20N8O2S. The minimum atomic E-state index is -3.67. The quantitative estimate of drug-likeness (QED) is 0.547. The summed E-state index contributed by atoms with van der Waals surface area (Å²) in [5.41, 5.74) is 7.57. The Bertz CT molecular complexity index is 1180. The van der Waals surface area contributed by atoms with E-state index in [4.69, 9.17) is 5.73 Å². The van der Waals surface area contributed by atoms with Crippen molar-refractivity contribution in [1.82, 2.24) is 35.0 Å². The van der Waals surface area contributed by atoms with E-state index in [0.29, 0.717) is 23.8 Å². The highest BCUT2D eigenvalue weighted by Crippen LogP contribution is 2.39. The topological polar surface area (TPSA) is 141 Å². The highest BCUT2D eigenvalue weighted by molar-refractivity contribution is 7.89. The van der Waals surface area contributed by atoms with Crippen LogP contribution in [-0.4, -0.2) is 51.5 Å². The SMILES string of the molecule is Cc1ccc(S(=O)(=O)NC23CNC(C2)C3)cc1-c1cnc(N)c(-n2nccn2)n1. The van der Waals surface area contributed by atoms with Gasteiger partial charge >= 0.3 is 0 Å². The summed E-state index contributed by atoms with van der Waals surface area (Å²) in [5, 5.41) is 11.4. The van der Waals surface area contributed by atoms with Crippen LogP contribution in [0.4, 0.5) is 5.82 Å². The number of fused-ring (bicyclic) bond motifs is 1. The second-order valence-corrected chi connectivity index (χ2v) is 9.31. The number of aryl methyl sites for hydroxylation is 1. The first-order valence-electron chi connectivity index (χ1n) is 9.23. The Labute approximate surface area is 167 Å². The van der Waals surface area contributed by atoms with E-state index in [1.165, 1.54) is 23.4 Å². The van der Waals surface area contributed by atoms with E-state index in [9.17, 15) is 8.42 Å². The van der Waals surface area contributed by atoms with Gasteiger partial charge in [-0.25, -0.2) is 23.1 Å². The molecule has 0 spiro atoms. The number of rotatable bonds is 5. The van der Waals surface area contributed by atoms with Gasteiger partial charge < -0.3 is 11.1 Å². The first-order valence-corrected chi connectivity index (χ1v) is 10.7. The number of anilines is 1. The molecule has 10 nitrogen and oxygen atoms in total. The van der Waals surface area contributed by atoms with E-state index in [-0.39, 0.29) is 22.1 Å². The Morgan fingerprint density at radius 2 is 2.03 bits per heavy atom. The number of hydrogen-bond acceptors (Lipinski definition) is 8. The average Bonchev–Trinajstić information content (AvgIpc) is 3.39. The van der Waals surface area contributed by atoms with Crippen LogP contribution in [0.25, 0.3) is 17.1 Å². The molecule has 2 aliphatic heterocycles. The lowest BCUT2D eigenvalue weighted by Crippen LogP contribution is -2.54. The fourth-order valence-electron chi connectivity index (χ4n) is 4.01. The van der Waals surface area contributed by atoms with Gasteiger partial charge in [-0.1, -0.05) is 6.07 Å². The van der Waals surface area contributed by atoms with Gasteiger partial charge in [0.15, 0.2) is 5.82 Å². The molecule has 1 aromatic carbocycles. The molecule has 0 amide bonds. The van der Waals surface area contributed by atoms with E-state index < -0.39 is 10.0 Å². The molecule has 4 heterocycles.